The maximum atomic E-state index is 12.7. The molecule has 0 atom stereocenters. The first kappa shape index (κ1) is 21.8. The molecular formula is C24H31NO6. The Morgan fingerprint density at radius 2 is 1.87 bits per heavy atom. The average molecular weight is 430 g/mol. The Bertz CT molecular complexity index is 1050. The summed E-state index contributed by atoms with van der Waals surface area (Å²) in [5.41, 5.74) is 0.766. The molecule has 0 saturated heterocycles. The highest BCUT2D eigenvalue weighted by Gasteiger charge is 2.37. The first-order chi connectivity index (χ1) is 14.8. The van der Waals surface area contributed by atoms with Crippen molar-refractivity contribution in [2.45, 2.75) is 76.4 Å². The number of rotatable bonds is 5. The van der Waals surface area contributed by atoms with Crippen molar-refractivity contribution >= 4 is 16.9 Å². The molecule has 7 nitrogen and oxygen atoms in total. The molecule has 31 heavy (non-hydrogen) atoms. The van der Waals surface area contributed by atoms with Gasteiger partial charge in [0.1, 0.15) is 16.9 Å². The molecule has 7 heteroatoms. The van der Waals surface area contributed by atoms with Gasteiger partial charge in [-0.05, 0) is 69.6 Å². The number of carbonyl (C=O) groups is 1. The van der Waals surface area contributed by atoms with E-state index in [1.807, 2.05) is 19.1 Å². The van der Waals surface area contributed by atoms with Gasteiger partial charge in [-0.15, -0.1) is 0 Å². The van der Waals surface area contributed by atoms with E-state index in [9.17, 15) is 19.8 Å². The van der Waals surface area contributed by atoms with Crippen molar-refractivity contribution in [3.05, 3.63) is 39.2 Å². The molecule has 1 amide bonds. The fraction of sp³-hybridized carbons (Fsp3) is 0.583. The molecule has 1 saturated carbocycles. The standard InChI is InChI=1S/C24H31NO6/c1-15-17-10-16-6-9-24(7-4-3-5-8-24)31-19(16)12-20(17)30-22(29)18(15)11-21(28)25-23(2,13-26)14-27/h10,12,26-27H,3-9,11,13-14H2,1-2H3,(H,25,28). The van der Waals surface area contributed by atoms with Crippen LogP contribution in [0.4, 0.5) is 0 Å². The van der Waals surface area contributed by atoms with E-state index in [-0.39, 0.29) is 17.6 Å². The topological polar surface area (TPSA) is 109 Å². The normalized spacial score (nSPS) is 17.9. The predicted octanol–water partition coefficient (Wildman–Crippen LogP) is 2.53. The van der Waals surface area contributed by atoms with E-state index in [1.54, 1.807) is 0 Å². The Morgan fingerprint density at radius 3 is 2.55 bits per heavy atom. The van der Waals surface area contributed by atoms with Crippen LogP contribution in [0.5, 0.6) is 5.75 Å². The molecular weight excluding hydrogens is 398 g/mol. The molecule has 0 unspecified atom stereocenters. The van der Waals surface area contributed by atoms with Crippen molar-refractivity contribution in [3.63, 3.8) is 0 Å². The highest BCUT2D eigenvalue weighted by molar-refractivity contribution is 5.86. The zero-order valence-corrected chi connectivity index (χ0v) is 18.3. The van der Waals surface area contributed by atoms with Crippen LogP contribution in [0.3, 0.4) is 0 Å². The minimum absolute atomic E-state index is 0.0850. The number of benzene rings is 1. The second kappa shape index (κ2) is 8.28. The Balaban J connectivity index is 1.64. The second-order valence-corrected chi connectivity index (χ2v) is 9.40. The van der Waals surface area contributed by atoms with Crippen LogP contribution in [-0.4, -0.2) is 40.5 Å². The minimum atomic E-state index is -1.15. The van der Waals surface area contributed by atoms with Gasteiger partial charge >= 0.3 is 5.63 Å². The van der Waals surface area contributed by atoms with Crippen LogP contribution in [0, 0.1) is 6.92 Å². The maximum Gasteiger partial charge on any atom is 0.340 e. The second-order valence-electron chi connectivity index (χ2n) is 9.40. The van der Waals surface area contributed by atoms with Crippen LogP contribution in [0.15, 0.2) is 21.3 Å². The number of aliphatic hydroxyl groups is 2. The van der Waals surface area contributed by atoms with E-state index in [4.69, 9.17) is 9.15 Å². The van der Waals surface area contributed by atoms with Gasteiger partial charge in [0.15, 0.2) is 0 Å². The lowest BCUT2D eigenvalue weighted by Gasteiger charge is -2.41. The number of fused-ring (bicyclic) bond motifs is 2. The van der Waals surface area contributed by atoms with Crippen LogP contribution >= 0.6 is 0 Å². The first-order valence-corrected chi connectivity index (χ1v) is 11.1. The van der Waals surface area contributed by atoms with Gasteiger partial charge in [0.25, 0.3) is 0 Å². The average Bonchev–Trinajstić information content (AvgIpc) is 2.76. The van der Waals surface area contributed by atoms with E-state index in [2.05, 4.69) is 5.32 Å². The third-order valence-corrected chi connectivity index (χ3v) is 6.89. The maximum absolute atomic E-state index is 12.7. The third-order valence-electron chi connectivity index (χ3n) is 6.89. The number of hydrogen-bond donors (Lipinski definition) is 3. The van der Waals surface area contributed by atoms with Gasteiger partial charge in [0.05, 0.1) is 30.7 Å². The smallest absolute Gasteiger partial charge is 0.340 e. The summed E-state index contributed by atoms with van der Waals surface area (Å²) in [7, 11) is 0. The van der Waals surface area contributed by atoms with Gasteiger partial charge in [-0.2, -0.15) is 0 Å². The summed E-state index contributed by atoms with van der Waals surface area (Å²) in [5.74, 6) is 0.344. The Morgan fingerprint density at radius 1 is 1.16 bits per heavy atom. The summed E-state index contributed by atoms with van der Waals surface area (Å²) in [6.07, 6.45) is 7.52. The van der Waals surface area contributed by atoms with Crippen LogP contribution in [-0.2, 0) is 17.6 Å². The molecule has 1 aromatic carbocycles. The van der Waals surface area contributed by atoms with Gasteiger partial charge in [-0.3, -0.25) is 4.79 Å². The summed E-state index contributed by atoms with van der Waals surface area (Å²) in [6, 6.07) is 3.85. The molecule has 0 radical (unpaired) electrons. The molecule has 1 aliphatic heterocycles. The van der Waals surface area contributed by atoms with Gasteiger partial charge in [-0.25, -0.2) is 4.79 Å². The molecule has 1 spiro atoms. The molecule has 4 rings (SSSR count). The number of aliphatic hydroxyl groups excluding tert-OH is 2. The lowest BCUT2D eigenvalue weighted by molar-refractivity contribution is -0.123. The number of amides is 1. The van der Waals surface area contributed by atoms with Crippen LogP contribution in [0.25, 0.3) is 11.0 Å². The van der Waals surface area contributed by atoms with Crippen LogP contribution in [0.2, 0.25) is 0 Å². The largest absolute Gasteiger partial charge is 0.487 e. The highest BCUT2D eigenvalue weighted by atomic mass is 16.5. The fourth-order valence-electron chi connectivity index (χ4n) is 4.82. The van der Waals surface area contributed by atoms with Gasteiger partial charge in [0.2, 0.25) is 5.91 Å². The van der Waals surface area contributed by atoms with E-state index in [0.717, 1.165) is 42.4 Å². The summed E-state index contributed by atoms with van der Waals surface area (Å²) in [6.45, 7) is 2.53. The monoisotopic (exact) mass is 429 g/mol. The highest BCUT2D eigenvalue weighted by Crippen LogP contribution is 2.43. The van der Waals surface area contributed by atoms with Gasteiger partial charge < -0.3 is 24.7 Å². The zero-order chi connectivity index (χ0) is 22.2. The van der Waals surface area contributed by atoms with E-state index >= 15 is 0 Å². The van der Waals surface area contributed by atoms with Crippen LogP contribution < -0.4 is 15.7 Å². The quantitative estimate of drug-likeness (QED) is 0.630. The number of ether oxygens (including phenoxy) is 1. The number of carbonyl (C=O) groups excluding carboxylic acids is 1. The van der Waals surface area contributed by atoms with Crippen molar-refractivity contribution in [1.82, 2.24) is 5.32 Å². The number of nitrogens with one attached hydrogen (secondary N) is 1. The molecule has 2 aromatic rings. The third kappa shape index (κ3) is 4.21. The Kier molecular flexibility index (Phi) is 5.83. The molecule has 0 bridgehead atoms. The summed E-state index contributed by atoms with van der Waals surface area (Å²) in [5, 5.41) is 22.2. The van der Waals surface area contributed by atoms with Crippen molar-refractivity contribution in [2.75, 3.05) is 13.2 Å². The molecule has 1 aliphatic carbocycles. The Labute approximate surface area is 181 Å². The minimum Gasteiger partial charge on any atom is -0.487 e. The molecule has 2 aliphatic rings. The summed E-state index contributed by atoms with van der Waals surface area (Å²) < 4.78 is 12.0. The zero-order valence-electron chi connectivity index (χ0n) is 18.3. The van der Waals surface area contributed by atoms with E-state index < -0.39 is 30.3 Å². The molecule has 1 aromatic heterocycles. The number of aryl methyl sites for hydroxylation is 2. The molecule has 1 fully saturated rings. The number of hydrogen-bond acceptors (Lipinski definition) is 6. The lowest BCUT2D eigenvalue weighted by atomic mass is 9.79. The van der Waals surface area contributed by atoms with Crippen molar-refractivity contribution in [3.8, 4) is 5.75 Å². The lowest BCUT2D eigenvalue weighted by Crippen LogP contribution is -2.52. The molecule has 168 valence electrons. The SMILES string of the molecule is Cc1c(CC(=O)NC(C)(CO)CO)c(=O)oc2cc3c(cc12)CCC1(CCCCC1)O3. The van der Waals surface area contributed by atoms with Gasteiger partial charge in [0, 0.05) is 11.5 Å². The van der Waals surface area contributed by atoms with E-state index in [1.165, 1.54) is 26.2 Å². The fourth-order valence-corrected chi connectivity index (χ4v) is 4.82. The molecule has 2 heterocycles. The van der Waals surface area contributed by atoms with Gasteiger partial charge in [-0.1, -0.05) is 6.42 Å². The predicted molar refractivity (Wildman–Crippen MR) is 116 cm³/mol. The first-order valence-electron chi connectivity index (χ1n) is 11.1. The summed E-state index contributed by atoms with van der Waals surface area (Å²) >= 11 is 0. The Hall–Kier alpha value is -2.38. The van der Waals surface area contributed by atoms with Crippen molar-refractivity contribution in [2.24, 2.45) is 0 Å². The van der Waals surface area contributed by atoms with Crippen molar-refractivity contribution in [1.29, 1.82) is 0 Å². The molecule has 3 N–H and O–H groups in total. The van der Waals surface area contributed by atoms with Crippen molar-refractivity contribution < 1.29 is 24.2 Å². The van der Waals surface area contributed by atoms with E-state index in [0.29, 0.717) is 11.1 Å². The summed E-state index contributed by atoms with van der Waals surface area (Å²) in [4.78, 5) is 25.1. The van der Waals surface area contributed by atoms with Crippen LogP contribution in [0.1, 0.15) is 62.1 Å².